The molecule has 0 aliphatic rings. The molecule has 0 fully saturated rings. The summed E-state index contributed by atoms with van der Waals surface area (Å²) >= 11 is 0. The quantitative estimate of drug-likeness (QED) is 0.693. The molecule has 114 valence electrons. The van der Waals surface area contributed by atoms with E-state index in [-0.39, 0.29) is 13.2 Å². The molecule has 1 heterocycles. The summed E-state index contributed by atoms with van der Waals surface area (Å²) in [6.07, 6.45) is -0.954. The van der Waals surface area contributed by atoms with Crippen molar-refractivity contribution in [1.82, 2.24) is 4.98 Å². The van der Waals surface area contributed by atoms with Crippen LogP contribution in [0.1, 0.15) is 0 Å². The van der Waals surface area contributed by atoms with E-state index in [0.29, 0.717) is 0 Å². The van der Waals surface area contributed by atoms with Crippen molar-refractivity contribution < 1.29 is 15.3 Å². The van der Waals surface area contributed by atoms with E-state index in [1.165, 1.54) is 5.39 Å². The molecule has 0 aliphatic heterocycles. The van der Waals surface area contributed by atoms with Crippen LogP contribution >= 0.6 is 0 Å². The Morgan fingerprint density at radius 1 is 0.773 bits per heavy atom. The fraction of sp³-hybridized carbons (Fsp3) is 0.167. The minimum atomic E-state index is -0.954. The van der Waals surface area contributed by atoms with E-state index < -0.39 is 6.10 Å². The van der Waals surface area contributed by atoms with Crippen LogP contribution in [0.25, 0.3) is 22.2 Å². The van der Waals surface area contributed by atoms with Gasteiger partial charge in [0.15, 0.2) is 0 Å². The average molecular weight is 297 g/mol. The molecule has 0 radical (unpaired) electrons. The highest BCUT2D eigenvalue weighted by Crippen LogP contribution is 2.20. The molecule has 0 aliphatic carbocycles. The lowest BCUT2D eigenvalue weighted by Crippen LogP contribution is -2.15. The second kappa shape index (κ2) is 8.24. The molecule has 2 aromatic carbocycles. The van der Waals surface area contributed by atoms with E-state index >= 15 is 0 Å². The zero-order valence-electron chi connectivity index (χ0n) is 12.1. The lowest BCUT2D eigenvalue weighted by molar-refractivity contribution is 0.0450. The first-order valence-electron chi connectivity index (χ1n) is 7.05. The SMILES string of the molecule is OCC(O)CO.c1ccc(-c2ccc3ccccc3n2)cc1. The third kappa shape index (κ3) is 4.36. The molecule has 0 bridgehead atoms. The van der Waals surface area contributed by atoms with Gasteiger partial charge < -0.3 is 15.3 Å². The number of aromatic nitrogens is 1. The maximum atomic E-state index is 8.17. The van der Waals surface area contributed by atoms with Gasteiger partial charge in [-0.3, -0.25) is 0 Å². The summed E-state index contributed by atoms with van der Waals surface area (Å²) in [4.78, 5) is 4.65. The number of benzene rings is 2. The van der Waals surface area contributed by atoms with E-state index in [2.05, 4.69) is 35.3 Å². The molecule has 0 amide bonds. The van der Waals surface area contributed by atoms with Gasteiger partial charge in [-0.25, -0.2) is 4.98 Å². The third-order valence-electron chi connectivity index (χ3n) is 3.09. The van der Waals surface area contributed by atoms with E-state index in [1.807, 2.05) is 36.4 Å². The van der Waals surface area contributed by atoms with Crippen LogP contribution in [0.15, 0.2) is 66.7 Å². The first-order chi connectivity index (χ1) is 10.7. The van der Waals surface area contributed by atoms with Crippen molar-refractivity contribution in [2.45, 2.75) is 6.10 Å². The molecule has 0 saturated heterocycles. The Hall–Kier alpha value is -2.27. The van der Waals surface area contributed by atoms with Gasteiger partial charge in [0.2, 0.25) is 0 Å². The number of aliphatic hydroxyl groups is 3. The molecule has 4 nitrogen and oxygen atoms in total. The Labute approximate surface area is 129 Å². The van der Waals surface area contributed by atoms with Crippen LogP contribution in [0, 0.1) is 0 Å². The molecule has 22 heavy (non-hydrogen) atoms. The first kappa shape index (κ1) is 16.1. The Morgan fingerprint density at radius 2 is 1.41 bits per heavy atom. The number of hydrogen-bond acceptors (Lipinski definition) is 4. The fourth-order valence-corrected chi connectivity index (χ4v) is 1.89. The highest BCUT2D eigenvalue weighted by molar-refractivity contribution is 5.81. The Morgan fingerprint density at radius 3 is 2.05 bits per heavy atom. The second-order valence-electron chi connectivity index (χ2n) is 4.77. The van der Waals surface area contributed by atoms with Crippen LogP contribution in [0.3, 0.4) is 0 Å². The molecule has 0 unspecified atom stereocenters. The number of hydrogen-bond donors (Lipinski definition) is 3. The third-order valence-corrected chi connectivity index (χ3v) is 3.09. The summed E-state index contributed by atoms with van der Waals surface area (Å²) in [6.45, 7) is -0.729. The summed E-state index contributed by atoms with van der Waals surface area (Å²) in [5.74, 6) is 0. The minimum Gasteiger partial charge on any atom is -0.394 e. The molecule has 3 rings (SSSR count). The van der Waals surface area contributed by atoms with E-state index in [1.54, 1.807) is 0 Å². The largest absolute Gasteiger partial charge is 0.394 e. The van der Waals surface area contributed by atoms with Gasteiger partial charge in [0.25, 0.3) is 0 Å². The summed E-state index contributed by atoms with van der Waals surface area (Å²) < 4.78 is 0. The van der Waals surface area contributed by atoms with Crippen LogP contribution in [0.4, 0.5) is 0 Å². The number of para-hydroxylation sites is 1. The van der Waals surface area contributed by atoms with Gasteiger partial charge in [-0.1, -0.05) is 54.6 Å². The van der Waals surface area contributed by atoms with Crippen molar-refractivity contribution in [2.75, 3.05) is 13.2 Å². The number of fused-ring (bicyclic) bond motifs is 1. The van der Waals surface area contributed by atoms with Gasteiger partial charge in [0, 0.05) is 10.9 Å². The van der Waals surface area contributed by atoms with Crippen molar-refractivity contribution in [3.05, 3.63) is 66.7 Å². The predicted molar refractivity (Wildman–Crippen MR) is 87.4 cm³/mol. The lowest BCUT2D eigenvalue weighted by atomic mass is 10.1. The van der Waals surface area contributed by atoms with Crippen molar-refractivity contribution in [1.29, 1.82) is 0 Å². The number of nitrogens with zero attached hydrogens (tertiary/aromatic N) is 1. The maximum Gasteiger partial charge on any atom is 0.100 e. The van der Waals surface area contributed by atoms with Gasteiger partial charge in [-0.05, 0) is 12.1 Å². The van der Waals surface area contributed by atoms with E-state index in [9.17, 15) is 0 Å². The molecule has 0 atom stereocenters. The number of aliphatic hydroxyl groups excluding tert-OH is 3. The summed E-state index contributed by atoms with van der Waals surface area (Å²) in [5, 5.41) is 25.2. The van der Waals surface area contributed by atoms with Gasteiger partial charge in [-0.2, -0.15) is 0 Å². The number of pyridine rings is 1. The smallest absolute Gasteiger partial charge is 0.100 e. The van der Waals surface area contributed by atoms with Gasteiger partial charge >= 0.3 is 0 Å². The summed E-state index contributed by atoms with van der Waals surface area (Å²) in [5.41, 5.74) is 3.23. The van der Waals surface area contributed by atoms with Crippen molar-refractivity contribution in [3.63, 3.8) is 0 Å². The maximum absolute atomic E-state index is 8.17. The second-order valence-corrected chi connectivity index (χ2v) is 4.77. The van der Waals surface area contributed by atoms with Crippen molar-refractivity contribution >= 4 is 10.9 Å². The predicted octanol–water partition coefficient (Wildman–Crippen LogP) is 2.23. The van der Waals surface area contributed by atoms with Gasteiger partial charge in [-0.15, -0.1) is 0 Å². The molecule has 0 saturated carbocycles. The van der Waals surface area contributed by atoms with Crippen molar-refractivity contribution in [3.8, 4) is 11.3 Å². The minimum absolute atomic E-state index is 0.365. The van der Waals surface area contributed by atoms with Crippen molar-refractivity contribution in [2.24, 2.45) is 0 Å². The Balaban J connectivity index is 0.000000254. The molecule has 3 N–H and O–H groups in total. The molecule has 4 heteroatoms. The first-order valence-corrected chi connectivity index (χ1v) is 7.05. The van der Waals surface area contributed by atoms with Crippen LogP contribution in [0.2, 0.25) is 0 Å². The molecule has 1 aromatic heterocycles. The monoisotopic (exact) mass is 297 g/mol. The molecular formula is C18H19NO3. The molecular weight excluding hydrogens is 278 g/mol. The average Bonchev–Trinajstić information content (AvgIpc) is 2.62. The summed E-state index contributed by atoms with van der Waals surface area (Å²) in [6, 6.07) is 22.6. The highest BCUT2D eigenvalue weighted by atomic mass is 16.3. The lowest BCUT2D eigenvalue weighted by Gasteiger charge is -2.02. The van der Waals surface area contributed by atoms with Crippen LogP contribution in [0.5, 0.6) is 0 Å². The van der Waals surface area contributed by atoms with Crippen LogP contribution < -0.4 is 0 Å². The number of rotatable bonds is 3. The van der Waals surface area contributed by atoms with Crippen LogP contribution in [-0.4, -0.2) is 39.6 Å². The summed E-state index contributed by atoms with van der Waals surface area (Å²) in [7, 11) is 0. The fourth-order valence-electron chi connectivity index (χ4n) is 1.89. The van der Waals surface area contributed by atoms with E-state index in [0.717, 1.165) is 16.8 Å². The van der Waals surface area contributed by atoms with Gasteiger partial charge in [0.1, 0.15) is 6.10 Å². The van der Waals surface area contributed by atoms with E-state index in [4.69, 9.17) is 15.3 Å². The van der Waals surface area contributed by atoms with Gasteiger partial charge in [0.05, 0.1) is 24.4 Å². The zero-order valence-corrected chi connectivity index (χ0v) is 12.1. The normalized spacial score (nSPS) is 10.4. The standard InChI is InChI=1S/C15H11N.C3H8O3/c1-2-6-12(7-3-1)15-11-10-13-8-4-5-9-14(13)16-15;4-1-3(6)2-5/h1-11H;3-6H,1-2H2. The Kier molecular flexibility index (Phi) is 6.03. The topological polar surface area (TPSA) is 73.6 Å². The highest BCUT2D eigenvalue weighted by Gasteiger charge is 1.99. The van der Waals surface area contributed by atoms with Crippen LogP contribution in [-0.2, 0) is 0 Å². The molecule has 3 aromatic rings. The zero-order chi connectivity index (χ0) is 15.8. The molecule has 0 spiro atoms. The Bertz CT molecular complexity index is 697.